The van der Waals surface area contributed by atoms with Crippen LogP contribution in [0.1, 0.15) is 44.3 Å². The van der Waals surface area contributed by atoms with Crippen LogP contribution >= 0.6 is 12.2 Å². The van der Waals surface area contributed by atoms with Crippen molar-refractivity contribution in [3.05, 3.63) is 40.4 Å². The number of rotatable bonds is 6. The molecule has 0 spiro atoms. The van der Waals surface area contributed by atoms with E-state index in [1.165, 1.54) is 0 Å². The quantitative estimate of drug-likeness (QED) is 0.696. The second-order valence-corrected chi connectivity index (χ2v) is 6.11. The number of methoxy groups -OCH3 is 1. The van der Waals surface area contributed by atoms with Crippen molar-refractivity contribution in [1.82, 2.24) is 20.1 Å². The minimum absolute atomic E-state index is 0.0330. The van der Waals surface area contributed by atoms with Gasteiger partial charge in [-0.1, -0.05) is 12.1 Å². The Hall–Kier alpha value is -2.19. The van der Waals surface area contributed by atoms with E-state index < -0.39 is 0 Å². The van der Waals surface area contributed by atoms with Gasteiger partial charge in [0.1, 0.15) is 0 Å². The summed E-state index contributed by atoms with van der Waals surface area (Å²) in [5.41, 5.74) is 1.70. The lowest BCUT2D eigenvalue weighted by atomic mass is 10.1. The number of ether oxygens (including phenoxy) is 1. The molecule has 0 radical (unpaired) electrons. The maximum atomic E-state index is 12.1. The van der Waals surface area contributed by atoms with Crippen molar-refractivity contribution in [3.8, 4) is 0 Å². The Morgan fingerprint density at radius 1 is 1.42 bits per heavy atom. The van der Waals surface area contributed by atoms with Crippen molar-refractivity contribution in [1.29, 1.82) is 0 Å². The van der Waals surface area contributed by atoms with Crippen molar-refractivity contribution in [2.24, 2.45) is 0 Å². The number of carbonyl (C=O) groups is 1. The highest BCUT2D eigenvalue weighted by molar-refractivity contribution is 7.71. The number of hydrogen-bond acceptors (Lipinski definition) is 4. The van der Waals surface area contributed by atoms with Crippen LogP contribution in [0.2, 0.25) is 0 Å². The number of anilines is 1. The fourth-order valence-electron chi connectivity index (χ4n) is 2.33. The molecular formula is C16H23N5O2S. The zero-order valence-corrected chi connectivity index (χ0v) is 15.1. The van der Waals surface area contributed by atoms with Gasteiger partial charge < -0.3 is 19.9 Å². The standard InChI is InChI=1S/C16H23N5O2S/c1-10(2)21-14(19-20-16(21)24)9-17-15(22)18-13-7-5-6-12(8-13)11(3)23-4/h5-8,10-11H,9H2,1-4H3,(H,20,24)(H2,17,18,22). The van der Waals surface area contributed by atoms with E-state index in [1.54, 1.807) is 7.11 Å². The zero-order valence-electron chi connectivity index (χ0n) is 14.3. The summed E-state index contributed by atoms with van der Waals surface area (Å²) in [7, 11) is 1.65. The monoisotopic (exact) mass is 349 g/mol. The zero-order chi connectivity index (χ0) is 17.7. The molecule has 3 N–H and O–H groups in total. The first-order valence-electron chi connectivity index (χ1n) is 7.75. The third kappa shape index (κ3) is 4.42. The summed E-state index contributed by atoms with van der Waals surface area (Å²) < 4.78 is 7.70. The van der Waals surface area contributed by atoms with E-state index in [-0.39, 0.29) is 24.7 Å². The molecule has 8 heteroatoms. The highest BCUT2D eigenvalue weighted by Gasteiger charge is 2.11. The maximum Gasteiger partial charge on any atom is 0.319 e. The Morgan fingerprint density at radius 2 is 2.17 bits per heavy atom. The molecule has 0 saturated carbocycles. The van der Waals surface area contributed by atoms with Gasteiger partial charge in [0.25, 0.3) is 0 Å². The number of aromatic nitrogens is 3. The predicted molar refractivity (Wildman–Crippen MR) is 95.5 cm³/mol. The first-order valence-corrected chi connectivity index (χ1v) is 8.16. The molecule has 1 heterocycles. The number of hydrogen-bond donors (Lipinski definition) is 3. The lowest BCUT2D eigenvalue weighted by Crippen LogP contribution is -2.29. The van der Waals surface area contributed by atoms with Gasteiger partial charge in [0, 0.05) is 18.8 Å². The Morgan fingerprint density at radius 3 is 2.83 bits per heavy atom. The number of amides is 2. The summed E-state index contributed by atoms with van der Waals surface area (Å²) in [4.78, 5) is 12.1. The highest BCUT2D eigenvalue weighted by Crippen LogP contribution is 2.19. The number of aromatic amines is 1. The van der Waals surface area contributed by atoms with Crippen LogP contribution in [-0.2, 0) is 11.3 Å². The summed E-state index contributed by atoms with van der Waals surface area (Å²) in [6.45, 7) is 6.26. The van der Waals surface area contributed by atoms with Crippen molar-refractivity contribution >= 4 is 23.9 Å². The van der Waals surface area contributed by atoms with Crippen LogP contribution in [-0.4, -0.2) is 27.9 Å². The highest BCUT2D eigenvalue weighted by atomic mass is 32.1. The molecule has 0 fully saturated rings. The number of urea groups is 1. The average molecular weight is 349 g/mol. The second kappa shape index (κ2) is 8.07. The van der Waals surface area contributed by atoms with Gasteiger partial charge in [-0.25, -0.2) is 4.79 Å². The van der Waals surface area contributed by atoms with Gasteiger partial charge in [0.2, 0.25) is 0 Å². The normalized spacial score (nSPS) is 12.2. The smallest absolute Gasteiger partial charge is 0.319 e. The molecule has 0 aliphatic rings. The molecule has 2 aromatic rings. The van der Waals surface area contributed by atoms with Crippen LogP contribution < -0.4 is 10.6 Å². The summed E-state index contributed by atoms with van der Waals surface area (Å²) in [5.74, 6) is 0.687. The van der Waals surface area contributed by atoms with E-state index in [9.17, 15) is 4.79 Å². The Bertz CT molecular complexity index is 753. The van der Waals surface area contributed by atoms with Gasteiger partial charge in [-0.2, -0.15) is 5.10 Å². The van der Waals surface area contributed by atoms with Crippen LogP contribution in [0.15, 0.2) is 24.3 Å². The van der Waals surface area contributed by atoms with Crippen LogP contribution in [0.5, 0.6) is 0 Å². The molecule has 7 nitrogen and oxygen atoms in total. The third-order valence-electron chi connectivity index (χ3n) is 3.67. The molecule has 2 amide bonds. The predicted octanol–water partition coefficient (Wildman–Crippen LogP) is 3.55. The van der Waals surface area contributed by atoms with Gasteiger partial charge in [0.05, 0.1) is 12.6 Å². The van der Waals surface area contributed by atoms with Crippen molar-refractivity contribution in [3.63, 3.8) is 0 Å². The molecule has 0 aliphatic carbocycles. The molecule has 1 unspecified atom stereocenters. The van der Waals surface area contributed by atoms with E-state index in [4.69, 9.17) is 17.0 Å². The van der Waals surface area contributed by atoms with Crippen LogP contribution in [0.3, 0.4) is 0 Å². The van der Waals surface area contributed by atoms with E-state index in [0.29, 0.717) is 16.3 Å². The largest absolute Gasteiger partial charge is 0.377 e. The molecule has 0 saturated heterocycles. The van der Waals surface area contributed by atoms with Crippen molar-refractivity contribution < 1.29 is 9.53 Å². The Balaban J connectivity index is 1.98. The molecular weight excluding hydrogens is 326 g/mol. The third-order valence-corrected chi connectivity index (χ3v) is 3.96. The molecule has 1 aromatic heterocycles. The van der Waals surface area contributed by atoms with Crippen LogP contribution in [0, 0.1) is 4.77 Å². The first kappa shape index (κ1) is 18.2. The minimum atomic E-state index is -0.304. The van der Waals surface area contributed by atoms with Gasteiger partial charge in [-0.3, -0.25) is 5.10 Å². The molecule has 1 atom stereocenters. The number of nitrogens with zero attached hydrogens (tertiary/aromatic N) is 2. The van der Waals surface area contributed by atoms with E-state index in [1.807, 2.05) is 49.6 Å². The van der Waals surface area contributed by atoms with E-state index >= 15 is 0 Å². The summed E-state index contributed by atoms with van der Waals surface area (Å²) >= 11 is 5.19. The molecule has 24 heavy (non-hydrogen) atoms. The molecule has 0 bridgehead atoms. The van der Waals surface area contributed by atoms with E-state index in [2.05, 4.69) is 20.8 Å². The number of benzene rings is 1. The van der Waals surface area contributed by atoms with Crippen molar-refractivity contribution in [2.75, 3.05) is 12.4 Å². The lowest BCUT2D eigenvalue weighted by molar-refractivity contribution is 0.119. The van der Waals surface area contributed by atoms with Crippen LogP contribution in [0.25, 0.3) is 0 Å². The number of carbonyl (C=O) groups excluding carboxylic acids is 1. The topological polar surface area (TPSA) is 84.0 Å². The number of nitrogens with one attached hydrogen (secondary N) is 3. The summed E-state index contributed by atoms with van der Waals surface area (Å²) in [5, 5.41) is 12.5. The molecule has 1 aromatic carbocycles. The number of H-pyrrole nitrogens is 1. The summed E-state index contributed by atoms with van der Waals surface area (Å²) in [6, 6.07) is 7.42. The SMILES string of the molecule is COC(C)c1cccc(NC(=O)NCc2n[nH]c(=S)n2C(C)C)c1. The van der Waals surface area contributed by atoms with Gasteiger partial charge in [-0.15, -0.1) is 0 Å². The Kier molecular flexibility index (Phi) is 6.10. The van der Waals surface area contributed by atoms with E-state index in [0.717, 1.165) is 5.56 Å². The van der Waals surface area contributed by atoms with Gasteiger partial charge in [0.15, 0.2) is 10.6 Å². The van der Waals surface area contributed by atoms with Crippen LogP contribution in [0.4, 0.5) is 10.5 Å². The average Bonchev–Trinajstić information content (AvgIpc) is 2.93. The van der Waals surface area contributed by atoms with Gasteiger partial charge >= 0.3 is 6.03 Å². The Labute approximate surface area is 146 Å². The summed E-state index contributed by atoms with van der Waals surface area (Å²) in [6.07, 6.45) is -0.0330. The fraction of sp³-hybridized carbons (Fsp3) is 0.438. The van der Waals surface area contributed by atoms with Crippen molar-refractivity contribution in [2.45, 2.75) is 39.5 Å². The molecule has 2 rings (SSSR count). The fourth-order valence-corrected chi connectivity index (χ4v) is 2.70. The van der Waals surface area contributed by atoms with Gasteiger partial charge in [-0.05, 0) is 50.7 Å². The molecule has 0 aliphatic heterocycles. The first-order chi connectivity index (χ1) is 11.4. The molecule has 130 valence electrons. The second-order valence-electron chi connectivity index (χ2n) is 5.72. The lowest BCUT2D eigenvalue weighted by Gasteiger charge is -2.13. The maximum absolute atomic E-state index is 12.1. The minimum Gasteiger partial charge on any atom is -0.377 e.